The second-order valence-electron chi connectivity index (χ2n) is 4.41. The number of rotatable bonds is 7. The molecule has 98 valence electrons. The molecule has 3 N–H and O–H groups in total. The third-order valence-electron chi connectivity index (χ3n) is 2.86. The Hall–Kier alpha value is -1.59. The molecule has 1 aliphatic carbocycles. The highest BCUT2D eigenvalue weighted by molar-refractivity contribution is 5.73. The number of benzene rings is 1. The van der Waals surface area contributed by atoms with Crippen LogP contribution in [0.4, 0.5) is 0 Å². The van der Waals surface area contributed by atoms with Gasteiger partial charge in [-0.05, 0) is 18.9 Å². The lowest BCUT2D eigenvalue weighted by Gasteiger charge is -2.16. The summed E-state index contributed by atoms with van der Waals surface area (Å²) in [6.45, 7) is -0.0627. The molecule has 1 aromatic carbocycles. The zero-order valence-corrected chi connectivity index (χ0v) is 10.0. The van der Waals surface area contributed by atoms with Crippen LogP contribution in [-0.2, 0) is 11.4 Å². The van der Waals surface area contributed by atoms with Gasteiger partial charge in [-0.15, -0.1) is 0 Å². The topological polar surface area (TPSA) is 78.8 Å². The van der Waals surface area contributed by atoms with E-state index in [9.17, 15) is 4.79 Å². The van der Waals surface area contributed by atoms with E-state index in [1.807, 2.05) is 0 Å². The second kappa shape index (κ2) is 5.84. The minimum absolute atomic E-state index is 0.0584. The smallest absolute Gasteiger partial charge is 0.324 e. The summed E-state index contributed by atoms with van der Waals surface area (Å²) in [4.78, 5) is 11.0. The summed E-state index contributed by atoms with van der Waals surface area (Å²) < 4.78 is 5.48. The van der Waals surface area contributed by atoms with E-state index in [4.69, 9.17) is 14.9 Å². The van der Waals surface area contributed by atoms with Gasteiger partial charge in [0.15, 0.2) is 0 Å². The summed E-state index contributed by atoms with van der Waals surface area (Å²) in [5, 5.41) is 21.2. The molecule has 1 unspecified atom stereocenters. The Morgan fingerprint density at radius 2 is 2.17 bits per heavy atom. The zero-order valence-electron chi connectivity index (χ0n) is 10.0. The van der Waals surface area contributed by atoms with Gasteiger partial charge in [0.2, 0.25) is 0 Å². The quantitative estimate of drug-likeness (QED) is 0.667. The minimum atomic E-state index is -0.914. The molecule has 0 saturated heterocycles. The van der Waals surface area contributed by atoms with Crippen LogP contribution in [0.5, 0.6) is 5.75 Å². The van der Waals surface area contributed by atoms with E-state index in [2.05, 4.69) is 5.32 Å². The lowest BCUT2D eigenvalue weighted by Crippen LogP contribution is -2.42. The first kappa shape index (κ1) is 12.9. The Kier molecular flexibility index (Phi) is 4.17. The molecule has 18 heavy (non-hydrogen) atoms. The molecule has 2 rings (SSSR count). The van der Waals surface area contributed by atoms with Crippen molar-refractivity contribution in [2.24, 2.45) is 0 Å². The molecule has 5 heteroatoms. The van der Waals surface area contributed by atoms with Gasteiger partial charge < -0.3 is 14.9 Å². The molecular formula is C13H17NO4. The summed E-state index contributed by atoms with van der Waals surface area (Å²) in [7, 11) is 0. The first-order chi connectivity index (χ1) is 8.70. The number of carboxylic acid groups (broad SMARTS) is 1. The van der Waals surface area contributed by atoms with Crippen molar-refractivity contribution >= 4 is 5.97 Å². The first-order valence-electron chi connectivity index (χ1n) is 6.01. The van der Waals surface area contributed by atoms with Crippen LogP contribution in [0, 0.1) is 0 Å². The van der Waals surface area contributed by atoms with Gasteiger partial charge in [-0.25, -0.2) is 0 Å². The Labute approximate surface area is 105 Å². The highest BCUT2D eigenvalue weighted by Crippen LogP contribution is 2.21. The van der Waals surface area contributed by atoms with Crippen molar-refractivity contribution < 1.29 is 19.7 Å². The van der Waals surface area contributed by atoms with Crippen LogP contribution in [-0.4, -0.2) is 34.9 Å². The number of aliphatic hydroxyl groups is 1. The third kappa shape index (κ3) is 3.45. The van der Waals surface area contributed by atoms with Gasteiger partial charge in [-0.1, -0.05) is 18.2 Å². The molecule has 1 aromatic rings. The standard InChI is InChI=1S/C13H17NO4/c15-7-9-3-1-2-4-12(9)18-8-11(13(16)17)14-10-5-6-10/h1-4,10-11,14-15H,5-8H2,(H,16,17). The van der Waals surface area contributed by atoms with Crippen LogP contribution >= 0.6 is 0 Å². The number of aliphatic carboxylic acids is 1. The molecule has 1 saturated carbocycles. The van der Waals surface area contributed by atoms with Gasteiger partial charge in [0.05, 0.1) is 6.61 Å². The van der Waals surface area contributed by atoms with Crippen molar-refractivity contribution in [3.63, 3.8) is 0 Å². The Morgan fingerprint density at radius 3 is 2.78 bits per heavy atom. The van der Waals surface area contributed by atoms with Gasteiger partial charge in [0.1, 0.15) is 18.4 Å². The predicted molar refractivity (Wildman–Crippen MR) is 65.4 cm³/mol. The minimum Gasteiger partial charge on any atom is -0.491 e. The zero-order chi connectivity index (χ0) is 13.0. The summed E-state index contributed by atoms with van der Waals surface area (Å²) in [6, 6.07) is 6.67. The Bertz CT molecular complexity index is 417. The van der Waals surface area contributed by atoms with Crippen molar-refractivity contribution in [1.82, 2.24) is 5.32 Å². The second-order valence-corrected chi connectivity index (χ2v) is 4.41. The number of carboxylic acids is 1. The van der Waals surface area contributed by atoms with Crippen molar-refractivity contribution in [2.75, 3.05) is 6.61 Å². The molecule has 0 amide bonds. The van der Waals surface area contributed by atoms with E-state index >= 15 is 0 Å². The average Bonchev–Trinajstić information content (AvgIpc) is 3.18. The van der Waals surface area contributed by atoms with E-state index in [1.165, 1.54) is 0 Å². The number of nitrogens with one attached hydrogen (secondary N) is 1. The van der Waals surface area contributed by atoms with E-state index in [-0.39, 0.29) is 13.2 Å². The van der Waals surface area contributed by atoms with Crippen LogP contribution in [0.25, 0.3) is 0 Å². The number of hydrogen-bond donors (Lipinski definition) is 3. The number of para-hydroxylation sites is 1. The van der Waals surface area contributed by atoms with Crippen molar-refractivity contribution in [2.45, 2.75) is 31.5 Å². The largest absolute Gasteiger partial charge is 0.491 e. The molecular weight excluding hydrogens is 234 g/mol. The van der Waals surface area contributed by atoms with Gasteiger partial charge in [0.25, 0.3) is 0 Å². The SMILES string of the molecule is O=C(O)C(COc1ccccc1CO)NC1CC1. The van der Waals surface area contributed by atoms with Gasteiger partial charge in [-0.2, -0.15) is 0 Å². The molecule has 0 spiro atoms. The Morgan fingerprint density at radius 1 is 1.44 bits per heavy atom. The number of carbonyl (C=O) groups is 1. The molecule has 1 fully saturated rings. The van der Waals surface area contributed by atoms with E-state index < -0.39 is 12.0 Å². The average molecular weight is 251 g/mol. The first-order valence-corrected chi connectivity index (χ1v) is 6.01. The molecule has 0 heterocycles. The molecule has 0 radical (unpaired) electrons. The fourth-order valence-electron chi connectivity index (χ4n) is 1.67. The maximum atomic E-state index is 11.0. The van der Waals surface area contributed by atoms with Gasteiger partial charge in [0, 0.05) is 11.6 Å². The molecule has 5 nitrogen and oxygen atoms in total. The van der Waals surface area contributed by atoms with Crippen molar-refractivity contribution in [3.8, 4) is 5.75 Å². The molecule has 0 bridgehead atoms. The van der Waals surface area contributed by atoms with Crippen molar-refractivity contribution in [1.29, 1.82) is 0 Å². The van der Waals surface area contributed by atoms with Crippen LogP contribution < -0.4 is 10.1 Å². The number of aliphatic hydroxyl groups excluding tert-OH is 1. The van der Waals surface area contributed by atoms with E-state index in [1.54, 1.807) is 24.3 Å². The van der Waals surface area contributed by atoms with Crippen LogP contribution in [0.15, 0.2) is 24.3 Å². The van der Waals surface area contributed by atoms with Gasteiger partial charge >= 0.3 is 5.97 Å². The highest BCUT2D eigenvalue weighted by atomic mass is 16.5. The normalized spacial score (nSPS) is 16.3. The summed E-state index contributed by atoms with van der Waals surface area (Å²) in [6.07, 6.45) is 2.05. The monoisotopic (exact) mass is 251 g/mol. The van der Waals surface area contributed by atoms with Crippen LogP contribution in [0.1, 0.15) is 18.4 Å². The van der Waals surface area contributed by atoms with Gasteiger partial charge in [-0.3, -0.25) is 10.1 Å². The highest BCUT2D eigenvalue weighted by Gasteiger charge is 2.28. The molecule has 1 atom stereocenters. The summed E-state index contributed by atoms with van der Waals surface area (Å²) >= 11 is 0. The molecule has 0 aromatic heterocycles. The summed E-state index contributed by atoms with van der Waals surface area (Å²) in [5.41, 5.74) is 0.660. The maximum absolute atomic E-state index is 11.0. The van der Waals surface area contributed by atoms with E-state index in [0.717, 1.165) is 12.8 Å². The number of hydrogen-bond acceptors (Lipinski definition) is 4. The molecule has 1 aliphatic rings. The lowest BCUT2D eigenvalue weighted by atomic mass is 10.2. The summed E-state index contributed by atoms with van der Waals surface area (Å²) in [5.74, 6) is -0.382. The molecule has 0 aliphatic heterocycles. The Balaban J connectivity index is 1.93. The fraction of sp³-hybridized carbons (Fsp3) is 0.462. The number of ether oxygens (including phenoxy) is 1. The maximum Gasteiger partial charge on any atom is 0.324 e. The van der Waals surface area contributed by atoms with Crippen molar-refractivity contribution in [3.05, 3.63) is 29.8 Å². The lowest BCUT2D eigenvalue weighted by molar-refractivity contribution is -0.140. The fourth-order valence-corrected chi connectivity index (χ4v) is 1.67. The van der Waals surface area contributed by atoms with Crippen LogP contribution in [0.3, 0.4) is 0 Å². The van der Waals surface area contributed by atoms with E-state index in [0.29, 0.717) is 17.4 Å². The third-order valence-corrected chi connectivity index (χ3v) is 2.86. The van der Waals surface area contributed by atoms with Crippen LogP contribution in [0.2, 0.25) is 0 Å². The predicted octanol–water partition coefficient (Wildman–Crippen LogP) is 0.763.